The normalized spacial score (nSPS) is 15.1. The lowest BCUT2D eigenvalue weighted by atomic mass is 10.4. The minimum atomic E-state index is -0.889. The van der Waals surface area contributed by atoms with Gasteiger partial charge in [0.25, 0.3) is 0 Å². The van der Waals surface area contributed by atoms with E-state index in [4.69, 9.17) is 9.52 Å². The highest BCUT2D eigenvalue weighted by Crippen LogP contribution is 2.39. The average molecular weight is 225 g/mol. The predicted octanol–water partition coefficient (Wildman–Crippen LogP) is 1.25. The van der Waals surface area contributed by atoms with Gasteiger partial charge >= 0.3 is 12.0 Å². The number of anilines is 1. The molecule has 0 saturated heterocycles. The second kappa shape index (κ2) is 4.51. The summed E-state index contributed by atoms with van der Waals surface area (Å²) in [6.07, 6.45) is 3.02. The lowest BCUT2D eigenvalue weighted by Crippen LogP contribution is -2.30. The number of hydrogen-bond acceptors (Lipinski definition) is 5. The number of rotatable bonds is 6. The van der Waals surface area contributed by atoms with Crippen molar-refractivity contribution in [1.82, 2.24) is 10.2 Å². The zero-order valence-electron chi connectivity index (χ0n) is 9.22. The fourth-order valence-electron chi connectivity index (χ4n) is 1.52. The van der Waals surface area contributed by atoms with Gasteiger partial charge in [-0.25, -0.2) is 0 Å². The molecular formula is C10H15N3O3. The van der Waals surface area contributed by atoms with E-state index in [0.717, 1.165) is 19.3 Å². The van der Waals surface area contributed by atoms with E-state index in [2.05, 4.69) is 10.2 Å². The van der Waals surface area contributed by atoms with Crippen LogP contribution in [0.2, 0.25) is 0 Å². The first-order valence-electron chi connectivity index (χ1n) is 5.51. The van der Waals surface area contributed by atoms with Crippen LogP contribution in [0.1, 0.15) is 38.0 Å². The molecule has 1 heterocycles. The van der Waals surface area contributed by atoms with Crippen molar-refractivity contribution >= 4 is 12.0 Å². The Balaban J connectivity index is 2.06. The summed E-state index contributed by atoms with van der Waals surface area (Å²) in [6.45, 7) is 2.49. The SMILES string of the molecule is CCCN(CC(=O)O)c1nnc(C2CC2)o1. The summed E-state index contributed by atoms with van der Waals surface area (Å²) in [4.78, 5) is 12.3. The van der Waals surface area contributed by atoms with Gasteiger partial charge in [-0.1, -0.05) is 12.0 Å². The van der Waals surface area contributed by atoms with E-state index in [1.54, 1.807) is 4.90 Å². The molecule has 1 saturated carbocycles. The lowest BCUT2D eigenvalue weighted by molar-refractivity contribution is -0.135. The van der Waals surface area contributed by atoms with Crippen LogP contribution in [0.15, 0.2) is 4.42 Å². The molecule has 2 rings (SSSR count). The minimum Gasteiger partial charge on any atom is -0.480 e. The molecule has 88 valence electrons. The summed E-state index contributed by atoms with van der Waals surface area (Å²) in [5.41, 5.74) is 0. The van der Waals surface area contributed by atoms with Crippen LogP contribution in [0, 0.1) is 0 Å². The van der Waals surface area contributed by atoms with Gasteiger partial charge in [0.15, 0.2) is 0 Å². The molecule has 0 aromatic carbocycles. The Morgan fingerprint density at radius 1 is 1.56 bits per heavy atom. The topological polar surface area (TPSA) is 79.5 Å². The molecule has 1 fully saturated rings. The third kappa shape index (κ3) is 2.50. The van der Waals surface area contributed by atoms with E-state index in [1.165, 1.54) is 0 Å². The van der Waals surface area contributed by atoms with Crippen LogP contribution in [0.3, 0.4) is 0 Å². The van der Waals surface area contributed by atoms with Crippen LogP contribution in [-0.2, 0) is 4.79 Å². The van der Waals surface area contributed by atoms with Crippen molar-refractivity contribution in [3.63, 3.8) is 0 Å². The first kappa shape index (κ1) is 10.9. The first-order chi connectivity index (χ1) is 7.70. The third-order valence-electron chi connectivity index (χ3n) is 2.45. The standard InChI is InChI=1S/C10H15N3O3/c1-2-5-13(6-8(14)15)10-12-11-9(16-10)7-3-4-7/h7H,2-6H2,1H3,(H,14,15). The van der Waals surface area contributed by atoms with E-state index >= 15 is 0 Å². The first-order valence-corrected chi connectivity index (χ1v) is 5.51. The van der Waals surface area contributed by atoms with Crippen molar-refractivity contribution < 1.29 is 14.3 Å². The van der Waals surface area contributed by atoms with Gasteiger partial charge in [-0.3, -0.25) is 4.79 Å². The molecular weight excluding hydrogens is 210 g/mol. The maximum Gasteiger partial charge on any atom is 0.323 e. The second-order valence-corrected chi connectivity index (χ2v) is 4.01. The highest BCUT2D eigenvalue weighted by Gasteiger charge is 2.30. The summed E-state index contributed by atoms with van der Waals surface area (Å²) in [5.74, 6) is 0.149. The van der Waals surface area contributed by atoms with Crippen LogP contribution in [0.5, 0.6) is 0 Å². The largest absolute Gasteiger partial charge is 0.480 e. The Hall–Kier alpha value is -1.59. The highest BCUT2D eigenvalue weighted by molar-refractivity contribution is 5.72. The van der Waals surface area contributed by atoms with E-state index in [1.807, 2.05) is 6.92 Å². The van der Waals surface area contributed by atoms with Crippen molar-refractivity contribution in [2.45, 2.75) is 32.1 Å². The monoisotopic (exact) mass is 225 g/mol. The molecule has 1 aromatic rings. The Kier molecular flexibility index (Phi) is 3.07. The molecule has 0 spiro atoms. The van der Waals surface area contributed by atoms with Gasteiger partial charge in [0, 0.05) is 12.5 Å². The summed E-state index contributed by atoms with van der Waals surface area (Å²) in [6, 6.07) is 0.325. The molecule has 0 unspecified atom stereocenters. The fourth-order valence-corrected chi connectivity index (χ4v) is 1.52. The predicted molar refractivity (Wildman–Crippen MR) is 56.4 cm³/mol. The van der Waals surface area contributed by atoms with E-state index < -0.39 is 5.97 Å². The molecule has 0 atom stereocenters. The number of carbonyl (C=O) groups is 1. The highest BCUT2D eigenvalue weighted by atomic mass is 16.4. The number of carboxylic acids is 1. The van der Waals surface area contributed by atoms with Crippen molar-refractivity contribution in [2.75, 3.05) is 18.0 Å². The fraction of sp³-hybridized carbons (Fsp3) is 0.700. The molecule has 0 aliphatic heterocycles. The summed E-state index contributed by atoms with van der Waals surface area (Å²) in [5, 5.41) is 16.6. The third-order valence-corrected chi connectivity index (χ3v) is 2.45. The van der Waals surface area contributed by atoms with E-state index in [9.17, 15) is 4.79 Å². The van der Waals surface area contributed by atoms with E-state index in [0.29, 0.717) is 24.4 Å². The maximum atomic E-state index is 10.7. The van der Waals surface area contributed by atoms with Crippen LogP contribution >= 0.6 is 0 Å². The van der Waals surface area contributed by atoms with Crippen LogP contribution in [0.4, 0.5) is 6.01 Å². The van der Waals surface area contributed by atoms with Gasteiger partial charge in [-0.05, 0) is 19.3 Å². The Morgan fingerprint density at radius 3 is 2.88 bits per heavy atom. The molecule has 16 heavy (non-hydrogen) atoms. The molecule has 1 N–H and O–H groups in total. The molecule has 6 nitrogen and oxygen atoms in total. The molecule has 1 aliphatic carbocycles. The van der Waals surface area contributed by atoms with Crippen molar-refractivity contribution in [3.05, 3.63) is 5.89 Å². The van der Waals surface area contributed by atoms with Gasteiger partial charge in [-0.15, -0.1) is 5.10 Å². The van der Waals surface area contributed by atoms with Crippen LogP contribution in [0.25, 0.3) is 0 Å². The molecule has 6 heteroatoms. The number of nitrogens with zero attached hydrogens (tertiary/aromatic N) is 3. The average Bonchev–Trinajstić information content (AvgIpc) is 2.96. The van der Waals surface area contributed by atoms with Crippen molar-refractivity contribution in [3.8, 4) is 0 Å². The smallest absolute Gasteiger partial charge is 0.323 e. The van der Waals surface area contributed by atoms with Crippen LogP contribution in [-0.4, -0.2) is 34.4 Å². The van der Waals surface area contributed by atoms with Gasteiger partial charge in [0.05, 0.1) is 0 Å². The number of carboxylic acid groups (broad SMARTS) is 1. The number of aliphatic carboxylic acids is 1. The zero-order valence-corrected chi connectivity index (χ0v) is 9.22. The Labute approximate surface area is 93.3 Å². The van der Waals surface area contributed by atoms with Crippen LogP contribution < -0.4 is 4.90 Å². The zero-order chi connectivity index (χ0) is 11.5. The number of aromatic nitrogens is 2. The van der Waals surface area contributed by atoms with Gasteiger partial charge in [-0.2, -0.15) is 0 Å². The quantitative estimate of drug-likeness (QED) is 0.784. The minimum absolute atomic E-state index is 0.0971. The number of hydrogen-bond donors (Lipinski definition) is 1. The van der Waals surface area contributed by atoms with Gasteiger partial charge < -0.3 is 14.4 Å². The molecule has 0 amide bonds. The molecule has 0 radical (unpaired) electrons. The second-order valence-electron chi connectivity index (χ2n) is 4.01. The van der Waals surface area contributed by atoms with Gasteiger partial charge in [0.2, 0.25) is 5.89 Å². The maximum absolute atomic E-state index is 10.7. The van der Waals surface area contributed by atoms with E-state index in [-0.39, 0.29) is 6.54 Å². The Bertz CT molecular complexity index is 373. The van der Waals surface area contributed by atoms with Crippen molar-refractivity contribution in [2.24, 2.45) is 0 Å². The lowest BCUT2D eigenvalue weighted by Gasteiger charge is -2.16. The molecule has 1 aromatic heterocycles. The molecule has 1 aliphatic rings. The Morgan fingerprint density at radius 2 is 2.31 bits per heavy atom. The summed E-state index contributed by atoms with van der Waals surface area (Å²) in [7, 11) is 0. The summed E-state index contributed by atoms with van der Waals surface area (Å²) < 4.78 is 5.46. The van der Waals surface area contributed by atoms with Gasteiger partial charge in [0.1, 0.15) is 6.54 Å². The summed E-state index contributed by atoms with van der Waals surface area (Å²) >= 11 is 0. The van der Waals surface area contributed by atoms with Crippen molar-refractivity contribution in [1.29, 1.82) is 0 Å². The molecule has 0 bridgehead atoms.